The highest BCUT2D eigenvalue weighted by molar-refractivity contribution is 9.10. The maximum Gasteiger partial charge on any atom is 0.335 e. The van der Waals surface area contributed by atoms with Crippen LogP contribution in [0.3, 0.4) is 0 Å². The lowest BCUT2D eigenvalue weighted by Crippen LogP contribution is -2.37. The van der Waals surface area contributed by atoms with Gasteiger partial charge in [0.1, 0.15) is 0 Å². The van der Waals surface area contributed by atoms with E-state index in [1.54, 1.807) is 6.07 Å². The molecule has 0 spiro atoms. The molecule has 0 aliphatic carbocycles. The number of rotatable bonds is 4. The quantitative estimate of drug-likeness (QED) is 0.773. The van der Waals surface area contributed by atoms with E-state index in [1.807, 2.05) is 0 Å². The molecule has 0 saturated carbocycles. The SMILES string of the molecule is O=C(NCC1CCCCO1)Nc1cc(C(=O)O)ccc1Br. The van der Waals surface area contributed by atoms with Crippen molar-refractivity contribution in [3.63, 3.8) is 0 Å². The van der Waals surface area contributed by atoms with Gasteiger partial charge in [-0.25, -0.2) is 9.59 Å². The highest BCUT2D eigenvalue weighted by atomic mass is 79.9. The summed E-state index contributed by atoms with van der Waals surface area (Å²) in [6, 6.07) is 4.07. The zero-order valence-corrected chi connectivity index (χ0v) is 13.0. The highest BCUT2D eigenvalue weighted by Gasteiger charge is 2.15. The van der Waals surface area contributed by atoms with Crippen molar-refractivity contribution >= 4 is 33.6 Å². The lowest BCUT2D eigenvalue weighted by Gasteiger charge is -2.22. The third-order valence-electron chi connectivity index (χ3n) is 3.23. The van der Waals surface area contributed by atoms with Gasteiger partial charge in [-0.15, -0.1) is 0 Å². The van der Waals surface area contributed by atoms with Gasteiger partial charge in [-0.3, -0.25) is 0 Å². The van der Waals surface area contributed by atoms with Crippen LogP contribution in [-0.4, -0.2) is 36.4 Å². The molecular formula is C14H17BrN2O4. The number of carbonyl (C=O) groups excluding carboxylic acids is 1. The number of urea groups is 1. The van der Waals surface area contributed by atoms with Crippen molar-refractivity contribution in [2.45, 2.75) is 25.4 Å². The molecule has 6 nitrogen and oxygen atoms in total. The van der Waals surface area contributed by atoms with Crippen LogP contribution in [0.1, 0.15) is 29.6 Å². The smallest absolute Gasteiger partial charge is 0.335 e. The van der Waals surface area contributed by atoms with E-state index in [2.05, 4.69) is 26.6 Å². The molecule has 21 heavy (non-hydrogen) atoms. The number of anilines is 1. The molecule has 1 aliphatic heterocycles. The summed E-state index contributed by atoms with van der Waals surface area (Å²) in [7, 11) is 0. The van der Waals surface area contributed by atoms with Crippen LogP contribution in [0.25, 0.3) is 0 Å². The third kappa shape index (κ3) is 4.71. The van der Waals surface area contributed by atoms with Gasteiger partial charge in [0.05, 0.1) is 17.4 Å². The van der Waals surface area contributed by atoms with Gasteiger partial charge in [-0.1, -0.05) is 0 Å². The second-order valence-electron chi connectivity index (χ2n) is 4.82. The molecule has 114 valence electrons. The van der Waals surface area contributed by atoms with Gasteiger partial charge >= 0.3 is 12.0 Å². The molecule has 2 rings (SSSR count). The first kappa shape index (κ1) is 15.8. The monoisotopic (exact) mass is 356 g/mol. The number of aromatic carboxylic acids is 1. The predicted molar refractivity (Wildman–Crippen MR) is 81.7 cm³/mol. The van der Waals surface area contributed by atoms with Crippen LogP contribution in [0.4, 0.5) is 10.5 Å². The minimum Gasteiger partial charge on any atom is -0.478 e. The predicted octanol–water partition coefficient (Wildman–Crippen LogP) is 2.84. The molecule has 7 heteroatoms. The van der Waals surface area contributed by atoms with Crippen molar-refractivity contribution in [3.8, 4) is 0 Å². The zero-order chi connectivity index (χ0) is 15.2. The summed E-state index contributed by atoms with van der Waals surface area (Å²) in [6.45, 7) is 1.18. The highest BCUT2D eigenvalue weighted by Crippen LogP contribution is 2.23. The van der Waals surface area contributed by atoms with Gasteiger partial charge in [0.15, 0.2) is 0 Å². The molecule has 3 N–H and O–H groups in total. The molecule has 0 bridgehead atoms. The normalized spacial score (nSPS) is 18.0. The van der Waals surface area contributed by atoms with E-state index in [9.17, 15) is 9.59 Å². The molecule has 1 aromatic rings. The van der Waals surface area contributed by atoms with Gasteiger partial charge in [0, 0.05) is 17.6 Å². The lowest BCUT2D eigenvalue weighted by molar-refractivity contribution is 0.0187. The molecule has 1 unspecified atom stereocenters. The number of carbonyl (C=O) groups is 2. The van der Waals surface area contributed by atoms with Crippen LogP contribution >= 0.6 is 15.9 Å². The average molecular weight is 357 g/mol. The van der Waals surface area contributed by atoms with Crippen molar-refractivity contribution in [1.82, 2.24) is 5.32 Å². The summed E-state index contributed by atoms with van der Waals surface area (Å²) < 4.78 is 6.15. The molecule has 1 atom stereocenters. The number of nitrogens with one attached hydrogen (secondary N) is 2. The number of carboxylic acids is 1. The minimum atomic E-state index is -1.04. The molecule has 1 saturated heterocycles. The van der Waals surface area contributed by atoms with Gasteiger partial charge in [-0.05, 0) is 53.4 Å². The van der Waals surface area contributed by atoms with Crippen molar-refractivity contribution in [2.24, 2.45) is 0 Å². The first-order chi connectivity index (χ1) is 10.1. The average Bonchev–Trinajstić information content (AvgIpc) is 2.48. The molecule has 0 aromatic heterocycles. The fourth-order valence-electron chi connectivity index (χ4n) is 2.10. The topological polar surface area (TPSA) is 87.7 Å². The van der Waals surface area contributed by atoms with Crippen LogP contribution < -0.4 is 10.6 Å². The summed E-state index contributed by atoms with van der Waals surface area (Å²) in [5.41, 5.74) is 0.529. The van der Waals surface area contributed by atoms with Crippen LogP contribution in [0, 0.1) is 0 Å². The standard InChI is InChI=1S/C14H17BrN2O4/c15-11-5-4-9(13(18)19)7-12(11)17-14(20)16-8-10-3-1-2-6-21-10/h4-5,7,10H,1-3,6,8H2,(H,18,19)(H2,16,17,20). The van der Waals surface area contributed by atoms with Crippen molar-refractivity contribution in [3.05, 3.63) is 28.2 Å². The fourth-order valence-corrected chi connectivity index (χ4v) is 2.44. The third-order valence-corrected chi connectivity index (χ3v) is 3.92. The molecule has 1 aliphatic rings. The molecule has 1 fully saturated rings. The Labute approximate surface area is 131 Å². The van der Waals surface area contributed by atoms with Gasteiger partial charge in [-0.2, -0.15) is 0 Å². The maximum absolute atomic E-state index is 11.8. The first-order valence-electron chi connectivity index (χ1n) is 6.75. The summed E-state index contributed by atoms with van der Waals surface area (Å²) >= 11 is 3.28. The Balaban J connectivity index is 1.89. The minimum absolute atomic E-state index is 0.0540. The Kier molecular flexibility index (Phi) is 5.58. The summed E-state index contributed by atoms with van der Waals surface area (Å²) in [6.07, 6.45) is 3.18. The van der Waals surface area contributed by atoms with E-state index < -0.39 is 5.97 Å². The summed E-state index contributed by atoms with van der Waals surface area (Å²) in [5, 5.41) is 14.3. The van der Waals surface area contributed by atoms with E-state index in [0.29, 0.717) is 16.7 Å². The first-order valence-corrected chi connectivity index (χ1v) is 7.55. The van der Waals surface area contributed by atoms with E-state index in [-0.39, 0.29) is 17.7 Å². The number of amides is 2. The molecule has 1 heterocycles. The Morgan fingerprint density at radius 2 is 2.19 bits per heavy atom. The second-order valence-corrected chi connectivity index (χ2v) is 5.68. The Morgan fingerprint density at radius 1 is 1.38 bits per heavy atom. The maximum atomic E-state index is 11.8. The molecular weight excluding hydrogens is 340 g/mol. The largest absolute Gasteiger partial charge is 0.478 e. The molecule has 2 amide bonds. The lowest BCUT2D eigenvalue weighted by atomic mass is 10.1. The molecule has 1 aromatic carbocycles. The summed E-state index contributed by atoms with van der Waals surface area (Å²) in [4.78, 5) is 22.8. The number of carboxylic acid groups (broad SMARTS) is 1. The van der Waals surface area contributed by atoms with Crippen molar-refractivity contribution < 1.29 is 19.4 Å². The number of ether oxygens (including phenoxy) is 1. The van der Waals surface area contributed by atoms with Gasteiger partial charge < -0.3 is 20.5 Å². The summed E-state index contributed by atoms with van der Waals surface area (Å²) in [5.74, 6) is -1.04. The van der Waals surface area contributed by atoms with E-state index >= 15 is 0 Å². The van der Waals surface area contributed by atoms with Crippen molar-refractivity contribution in [1.29, 1.82) is 0 Å². The van der Waals surface area contributed by atoms with E-state index in [1.165, 1.54) is 12.1 Å². The Morgan fingerprint density at radius 3 is 2.86 bits per heavy atom. The van der Waals surface area contributed by atoms with E-state index in [4.69, 9.17) is 9.84 Å². The zero-order valence-electron chi connectivity index (χ0n) is 11.4. The number of hydrogen-bond acceptors (Lipinski definition) is 3. The number of hydrogen-bond donors (Lipinski definition) is 3. The van der Waals surface area contributed by atoms with Crippen LogP contribution in [0.2, 0.25) is 0 Å². The Bertz CT molecular complexity index is 530. The van der Waals surface area contributed by atoms with Crippen LogP contribution in [-0.2, 0) is 4.74 Å². The fraction of sp³-hybridized carbons (Fsp3) is 0.429. The van der Waals surface area contributed by atoms with Gasteiger partial charge in [0.25, 0.3) is 0 Å². The van der Waals surface area contributed by atoms with Crippen LogP contribution in [0.15, 0.2) is 22.7 Å². The van der Waals surface area contributed by atoms with Crippen molar-refractivity contribution in [2.75, 3.05) is 18.5 Å². The Hall–Kier alpha value is -1.60. The molecule has 0 radical (unpaired) electrons. The van der Waals surface area contributed by atoms with E-state index in [0.717, 1.165) is 25.9 Å². The van der Waals surface area contributed by atoms with Gasteiger partial charge in [0.2, 0.25) is 0 Å². The number of halogens is 1. The number of benzene rings is 1. The second kappa shape index (κ2) is 7.42. The van der Waals surface area contributed by atoms with Crippen LogP contribution in [0.5, 0.6) is 0 Å².